The first kappa shape index (κ1) is 16.9. The van der Waals surface area contributed by atoms with Crippen molar-refractivity contribution in [1.82, 2.24) is 0 Å². The highest BCUT2D eigenvalue weighted by Gasteiger charge is 1.93. The molecule has 0 unspecified atom stereocenters. The van der Waals surface area contributed by atoms with Crippen LogP contribution in [0.25, 0.3) is 0 Å². The van der Waals surface area contributed by atoms with Gasteiger partial charge in [-0.3, -0.25) is 4.79 Å². The summed E-state index contributed by atoms with van der Waals surface area (Å²) in [6, 6.07) is 7.03. The van der Waals surface area contributed by atoms with Crippen molar-refractivity contribution in [3.8, 4) is 12.3 Å². The molecule has 88 valence electrons. The van der Waals surface area contributed by atoms with Crippen molar-refractivity contribution in [3.63, 3.8) is 0 Å². The summed E-state index contributed by atoms with van der Waals surface area (Å²) in [6.07, 6.45) is 5.88. The normalized spacial score (nSPS) is 7.81. The van der Waals surface area contributed by atoms with Crippen LogP contribution in [0.15, 0.2) is 24.3 Å². The molecule has 1 aromatic rings. The Morgan fingerprint density at radius 2 is 1.62 bits per heavy atom. The van der Waals surface area contributed by atoms with E-state index in [9.17, 15) is 4.79 Å². The van der Waals surface area contributed by atoms with Gasteiger partial charge in [0.25, 0.3) is 0 Å². The average Bonchev–Trinajstić information content (AvgIpc) is 2.31. The second-order valence-corrected chi connectivity index (χ2v) is 3.58. The first-order chi connectivity index (χ1) is 7.61. The summed E-state index contributed by atoms with van der Waals surface area (Å²) in [6.45, 7) is 10.5. The van der Waals surface area contributed by atoms with Crippen molar-refractivity contribution in [3.05, 3.63) is 35.4 Å². The fourth-order valence-corrected chi connectivity index (χ4v) is 0.731. The molecule has 0 aliphatic heterocycles. The maximum absolute atomic E-state index is 10.3. The predicted octanol–water partition coefficient (Wildman–Crippen LogP) is 4.17. The summed E-state index contributed by atoms with van der Waals surface area (Å²) < 4.78 is 0. The van der Waals surface area contributed by atoms with Gasteiger partial charge >= 0.3 is 0 Å². The average molecular weight is 218 g/mol. The maximum Gasteiger partial charge on any atom is 0.151 e. The van der Waals surface area contributed by atoms with Crippen LogP contribution in [0.1, 0.15) is 50.5 Å². The monoisotopic (exact) mass is 218 g/mol. The highest BCUT2D eigenvalue weighted by molar-refractivity contribution is 5.79. The van der Waals surface area contributed by atoms with E-state index in [1.165, 1.54) is 0 Å². The van der Waals surface area contributed by atoms with Gasteiger partial charge in [-0.2, -0.15) is 0 Å². The number of hydrogen-bond acceptors (Lipinski definition) is 1. The fraction of sp³-hybridized carbons (Fsp3) is 0.400. The molecule has 0 fully saturated rings. The summed E-state index contributed by atoms with van der Waals surface area (Å²) in [5, 5.41) is 0. The van der Waals surface area contributed by atoms with E-state index in [2.05, 4.69) is 26.7 Å². The zero-order valence-electron chi connectivity index (χ0n) is 10.9. The summed E-state index contributed by atoms with van der Waals surface area (Å²) in [4.78, 5) is 10.3. The number of carbonyl (C=O) groups is 1. The summed E-state index contributed by atoms with van der Waals surface area (Å²) in [5.74, 6) is 3.25. The van der Waals surface area contributed by atoms with E-state index in [1.807, 2.05) is 19.9 Å². The Kier molecular flexibility index (Phi) is 12.1. The zero-order chi connectivity index (χ0) is 13.0. The summed E-state index contributed by atoms with van der Waals surface area (Å²) in [5.41, 5.74) is 1.22. The Labute approximate surface area is 99.9 Å². The first-order valence-electron chi connectivity index (χ1n) is 5.62. The van der Waals surface area contributed by atoms with Gasteiger partial charge in [0.2, 0.25) is 0 Å². The maximum atomic E-state index is 10.3. The lowest BCUT2D eigenvalue weighted by molar-refractivity contribution is 0.112. The predicted molar refractivity (Wildman–Crippen MR) is 71.6 cm³/mol. The van der Waals surface area contributed by atoms with Crippen LogP contribution in [0.3, 0.4) is 0 Å². The van der Waals surface area contributed by atoms with Gasteiger partial charge in [0, 0.05) is 11.1 Å². The lowest BCUT2D eigenvalue weighted by Gasteiger charge is -1.91. The number of hydrogen-bond donors (Lipinski definition) is 0. The van der Waals surface area contributed by atoms with E-state index in [4.69, 9.17) is 6.42 Å². The minimum Gasteiger partial charge on any atom is -0.298 e. The first-order valence-corrected chi connectivity index (χ1v) is 5.62. The minimum atomic E-state index is 0.574. The van der Waals surface area contributed by atoms with Gasteiger partial charge in [-0.15, -0.1) is 6.42 Å². The molecule has 0 aliphatic carbocycles. The van der Waals surface area contributed by atoms with Crippen LogP contribution in [0, 0.1) is 18.3 Å². The molecule has 0 radical (unpaired) electrons. The molecule has 0 aliphatic rings. The SMILES string of the molecule is C#Cc1ccccc1C=O.CC.CC(C)C. The van der Waals surface area contributed by atoms with E-state index in [0.717, 1.165) is 12.2 Å². The van der Waals surface area contributed by atoms with Gasteiger partial charge in [-0.25, -0.2) is 0 Å². The Morgan fingerprint density at radius 1 is 1.19 bits per heavy atom. The lowest BCUT2D eigenvalue weighted by Crippen LogP contribution is -1.84. The molecule has 0 N–H and O–H groups in total. The smallest absolute Gasteiger partial charge is 0.151 e. The molecule has 0 aromatic heterocycles. The Balaban J connectivity index is 0. The third kappa shape index (κ3) is 9.02. The molecule has 0 spiro atoms. The molecule has 1 aromatic carbocycles. The minimum absolute atomic E-state index is 0.574. The van der Waals surface area contributed by atoms with E-state index in [-0.39, 0.29) is 0 Å². The van der Waals surface area contributed by atoms with Crippen molar-refractivity contribution in [2.45, 2.75) is 34.6 Å². The van der Waals surface area contributed by atoms with Crippen molar-refractivity contribution in [2.75, 3.05) is 0 Å². The summed E-state index contributed by atoms with van der Waals surface area (Å²) >= 11 is 0. The third-order valence-electron chi connectivity index (χ3n) is 1.24. The molecule has 1 rings (SSSR count). The van der Waals surface area contributed by atoms with Crippen LogP contribution in [-0.2, 0) is 0 Å². The Morgan fingerprint density at radius 3 is 1.94 bits per heavy atom. The molecule has 1 heteroatoms. The van der Waals surface area contributed by atoms with Crippen LogP contribution >= 0.6 is 0 Å². The molecule has 0 amide bonds. The topological polar surface area (TPSA) is 17.1 Å². The van der Waals surface area contributed by atoms with Crippen LogP contribution in [0.5, 0.6) is 0 Å². The second kappa shape index (κ2) is 11.5. The van der Waals surface area contributed by atoms with Crippen LogP contribution in [0.2, 0.25) is 0 Å². The molecular formula is C15H22O. The van der Waals surface area contributed by atoms with E-state index >= 15 is 0 Å². The number of benzene rings is 1. The number of aldehydes is 1. The van der Waals surface area contributed by atoms with Crippen LogP contribution < -0.4 is 0 Å². The van der Waals surface area contributed by atoms with Crippen molar-refractivity contribution in [2.24, 2.45) is 5.92 Å². The van der Waals surface area contributed by atoms with Crippen LogP contribution in [0.4, 0.5) is 0 Å². The highest BCUT2D eigenvalue weighted by atomic mass is 16.1. The second-order valence-electron chi connectivity index (χ2n) is 3.58. The van der Waals surface area contributed by atoms with E-state index in [1.54, 1.807) is 18.2 Å². The van der Waals surface area contributed by atoms with Gasteiger partial charge in [0.15, 0.2) is 6.29 Å². The van der Waals surface area contributed by atoms with E-state index < -0.39 is 0 Å². The zero-order valence-corrected chi connectivity index (χ0v) is 10.9. The molecule has 0 saturated carbocycles. The van der Waals surface area contributed by atoms with Gasteiger partial charge < -0.3 is 0 Å². The van der Waals surface area contributed by atoms with Crippen LogP contribution in [-0.4, -0.2) is 6.29 Å². The summed E-state index contributed by atoms with van der Waals surface area (Å²) in [7, 11) is 0. The van der Waals surface area contributed by atoms with Gasteiger partial charge in [0.1, 0.15) is 0 Å². The molecule has 0 heterocycles. The Hall–Kier alpha value is -1.55. The third-order valence-corrected chi connectivity index (χ3v) is 1.24. The van der Waals surface area contributed by atoms with Crippen molar-refractivity contribution < 1.29 is 4.79 Å². The Bertz CT molecular complexity index is 316. The largest absolute Gasteiger partial charge is 0.298 e. The van der Waals surface area contributed by atoms with Crippen molar-refractivity contribution in [1.29, 1.82) is 0 Å². The van der Waals surface area contributed by atoms with E-state index in [0.29, 0.717) is 11.1 Å². The lowest BCUT2D eigenvalue weighted by atomic mass is 10.1. The molecule has 16 heavy (non-hydrogen) atoms. The standard InChI is InChI=1S/C9H6O.C4H10.C2H6/c1-2-8-5-3-4-6-9(8)7-10;1-4(2)3;1-2/h1,3-7H;4H,1-3H3;1-2H3. The van der Waals surface area contributed by atoms with Gasteiger partial charge in [-0.05, 0) is 12.0 Å². The molecule has 0 bridgehead atoms. The van der Waals surface area contributed by atoms with Crippen molar-refractivity contribution >= 4 is 6.29 Å². The molecule has 1 nitrogen and oxygen atoms in total. The van der Waals surface area contributed by atoms with Gasteiger partial charge in [-0.1, -0.05) is 58.7 Å². The number of terminal acetylenes is 1. The molecule has 0 saturated heterocycles. The fourth-order valence-electron chi connectivity index (χ4n) is 0.731. The number of carbonyl (C=O) groups excluding carboxylic acids is 1. The quantitative estimate of drug-likeness (QED) is 0.511. The van der Waals surface area contributed by atoms with Gasteiger partial charge in [0.05, 0.1) is 0 Å². The molecular weight excluding hydrogens is 196 g/mol. The number of rotatable bonds is 1. The highest BCUT2D eigenvalue weighted by Crippen LogP contribution is 2.02. The molecule has 0 atom stereocenters.